The van der Waals surface area contributed by atoms with Crippen LogP contribution in [0, 0.1) is 5.92 Å². The average Bonchev–Trinajstić information content (AvgIpc) is 2.20. The fourth-order valence-corrected chi connectivity index (χ4v) is 1.74. The number of aromatic nitrogens is 2. The van der Waals surface area contributed by atoms with Gasteiger partial charge in [-0.25, -0.2) is 4.98 Å². The lowest BCUT2D eigenvalue weighted by Gasteiger charge is -2.14. The molecule has 0 aliphatic rings. The molecule has 1 aromatic heterocycles. The molecule has 14 heavy (non-hydrogen) atoms. The molecule has 0 saturated carbocycles. The van der Waals surface area contributed by atoms with Crippen molar-refractivity contribution in [2.24, 2.45) is 5.92 Å². The first-order valence-electron chi connectivity index (χ1n) is 4.89. The van der Waals surface area contributed by atoms with Gasteiger partial charge in [-0.05, 0) is 18.1 Å². The van der Waals surface area contributed by atoms with Crippen LogP contribution >= 0.6 is 12.6 Å². The van der Waals surface area contributed by atoms with E-state index in [0.29, 0.717) is 5.92 Å². The summed E-state index contributed by atoms with van der Waals surface area (Å²) in [6.07, 6.45) is 5.34. The predicted molar refractivity (Wildman–Crippen MR) is 60.7 cm³/mol. The zero-order valence-electron chi connectivity index (χ0n) is 8.39. The highest BCUT2D eigenvalue weighted by molar-refractivity contribution is 7.80. The largest absolute Gasteiger partial charge is 0.299 e. The summed E-state index contributed by atoms with van der Waals surface area (Å²) in [5, 5.41) is 0. The van der Waals surface area contributed by atoms with Gasteiger partial charge in [0.25, 0.3) is 5.56 Å². The fourth-order valence-electron chi connectivity index (χ4n) is 1.44. The van der Waals surface area contributed by atoms with Crippen molar-refractivity contribution >= 4 is 12.6 Å². The molecule has 0 amide bonds. The van der Waals surface area contributed by atoms with Crippen LogP contribution in [-0.4, -0.2) is 15.3 Å². The maximum atomic E-state index is 11.4. The van der Waals surface area contributed by atoms with E-state index in [1.54, 1.807) is 10.9 Å². The molecular formula is C10H16N2OS. The molecule has 0 aromatic carbocycles. The van der Waals surface area contributed by atoms with Crippen molar-refractivity contribution in [3.8, 4) is 0 Å². The summed E-state index contributed by atoms with van der Waals surface area (Å²) in [6.45, 7) is 2.87. The van der Waals surface area contributed by atoms with Crippen molar-refractivity contribution in [2.45, 2.75) is 26.3 Å². The van der Waals surface area contributed by atoms with Gasteiger partial charge in [0, 0.05) is 18.8 Å². The second-order valence-electron chi connectivity index (χ2n) is 3.41. The van der Waals surface area contributed by atoms with Gasteiger partial charge >= 0.3 is 0 Å². The smallest absolute Gasteiger partial charge is 0.253 e. The Labute approximate surface area is 89.6 Å². The molecule has 0 aliphatic heterocycles. The second-order valence-corrected chi connectivity index (χ2v) is 3.77. The topological polar surface area (TPSA) is 34.9 Å². The average molecular weight is 212 g/mol. The summed E-state index contributed by atoms with van der Waals surface area (Å²) < 4.78 is 1.65. The van der Waals surface area contributed by atoms with Gasteiger partial charge in [0.05, 0.1) is 6.33 Å². The third-order valence-electron chi connectivity index (χ3n) is 2.20. The Morgan fingerprint density at radius 2 is 2.43 bits per heavy atom. The molecular weight excluding hydrogens is 196 g/mol. The maximum Gasteiger partial charge on any atom is 0.253 e. The number of hydrogen-bond acceptors (Lipinski definition) is 3. The highest BCUT2D eigenvalue weighted by Gasteiger charge is 2.06. The van der Waals surface area contributed by atoms with Crippen molar-refractivity contribution < 1.29 is 0 Å². The first kappa shape index (κ1) is 11.3. The third kappa shape index (κ3) is 3.18. The number of nitrogens with zero attached hydrogens (tertiary/aromatic N) is 2. The molecule has 0 fully saturated rings. The Morgan fingerprint density at radius 1 is 1.64 bits per heavy atom. The molecule has 3 nitrogen and oxygen atoms in total. The molecule has 1 heterocycles. The van der Waals surface area contributed by atoms with E-state index in [2.05, 4.69) is 24.5 Å². The minimum absolute atomic E-state index is 0.0166. The van der Waals surface area contributed by atoms with E-state index in [0.717, 1.165) is 25.1 Å². The lowest BCUT2D eigenvalue weighted by atomic mass is 10.1. The van der Waals surface area contributed by atoms with Gasteiger partial charge < -0.3 is 0 Å². The Morgan fingerprint density at radius 3 is 3.00 bits per heavy atom. The van der Waals surface area contributed by atoms with Crippen LogP contribution < -0.4 is 5.56 Å². The summed E-state index contributed by atoms with van der Waals surface area (Å²) >= 11 is 4.28. The van der Waals surface area contributed by atoms with Crippen molar-refractivity contribution in [3.05, 3.63) is 28.9 Å². The summed E-state index contributed by atoms with van der Waals surface area (Å²) in [6, 6.07) is 1.49. The lowest BCUT2D eigenvalue weighted by Crippen LogP contribution is -2.23. The van der Waals surface area contributed by atoms with Crippen molar-refractivity contribution in [1.29, 1.82) is 0 Å². The zero-order valence-corrected chi connectivity index (χ0v) is 9.28. The molecule has 1 rings (SSSR count). The van der Waals surface area contributed by atoms with E-state index in [1.807, 2.05) is 0 Å². The highest BCUT2D eigenvalue weighted by Crippen LogP contribution is 2.09. The standard InChI is InChI=1S/C10H16N2OS/c1-2-3-9(7-14)6-12-8-11-5-4-10(12)13/h4-5,8-9,14H,2-3,6-7H2,1H3. The van der Waals surface area contributed by atoms with Crippen LogP contribution in [0.15, 0.2) is 23.4 Å². The quantitative estimate of drug-likeness (QED) is 0.752. The van der Waals surface area contributed by atoms with Crippen LogP contribution in [0.25, 0.3) is 0 Å². The monoisotopic (exact) mass is 212 g/mol. The van der Waals surface area contributed by atoms with Crippen molar-refractivity contribution in [1.82, 2.24) is 9.55 Å². The Bertz CT molecular complexity index is 324. The molecule has 1 atom stereocenters. The summed E-state index contributed by atoms with van der Waals surface area (Å²) in [5.74, 6) is 1.28. The summed E-state index contributed by atoms with van der Waals surface area (Å²) in [5.41, 5.74) is 0.0166. The van der Waals surface area contributed by atoms with E-state index in [-0.39, 0.29) is 5.56 Å². The van der Waals surface area contributed by atoms with Gasteiger partial charge in [0.1, 0.15) is 0 Å². The van der Waals surface area contributed by atoms with Gasteiger partial charge in [0.2, 0.25) is 0 Å². The van der Waals surface area contributed by atoms with E-state index in [1.165, 1.54) is 12.3 Å². The van der Waals surface area contributed by atoms with Gasteiger partial charge in [0.15, 0.2) is 0 Å². The lowest BCUT2D eigenvalue weighted by molar-refractivity contribution is 0.442. The van der Waals surface area contributed by atoms with E-state index < -0.39 is 0 Å². The summed E-state index contributed by atoms with van der Waals surface area (Å²) in [7, 11) is 0. The van der Waals surface area contributed by atoms with Gasteiger partial charge in [-0.1, -0.05) is 13.3 Å². The first-order chi connectivity index (χ1) is 6.77. The summed E-state index contributed by atoms with van der Waals surface area (Å²) in [4.78, 5) is 15.3. The van der Waals surface area contributed by atoms with Gasteiger partial charge in [-0.15, -0.1) is 0 Å². The Hall–Kier alpha value is -0.770. The van der Waals surface area contributed by atoms with Gasteiger partial charge in [-0.2, -0.15) is 12.6 Å². The first-order valence-corrected chi connectivity index (χ1v) is 5.52. The molecule has 1 aromatic rings. The third-order valence-corrected chi connectivity index (χ3v) is 2.72. The minimum atomic E-state index is 0.0166. The number of hydrogen-bond donors (Lipinski definition) is 1. The normalized spacial score (nSPS) is 12.7. The Kier molecular flexibility index (Phi) is 4.73. The molecule has 0 saturated heterocycles. The predicted octanol–water partition coefficient (Wildman–Crippen LogP) is 1.59. The SMILES string of the molecule is CCCC(CS)Cn1cnccc1=O. The molecule has 0 N–H and O–H groups in total. The molecule has 4 heteroatoms. The molecule has 78 valence electrons. The highest BCUT2D eigenvalue weighted by atomic mass is 32.1. The Balaban J connectivity index is 2.67. The van der Waals surface area contributed by atoms with Crippen LogP contribution in [-0.2, 0) is 6.54 Å². The zero-order chi connectivity index (χ0) is 10.4. The molecule has 0 bridgehead atoms. The van der Waals surface area contributed by atoms with Crippen molar-refractivity contribution in [3.63, 3.8) is 0 Å². The molecule has 0 radical (unpaired) electrons. The fraction of sp³-hybridized carbons (Fsp3) is 0.600. The van der Waals surface area contributed by atoms with Crippen LogP contribution in [0.5, 0.6) is 0 Å². The van der Waals surface area contributed by atoms with Crippen LogP contribution in [0.2, 0.25) is 0 Å². The van der Waals surface area contributed by atoms with Crippen LogP contribution in [0.4, 0.5) is 0 Å². The van der Waals surface area contributed by atoms with E-state index in [4.69, 9.17) is 0 Å². The van der Waals surface area contributed by atoms with Crippen LogP contribution in [0.1, 0.15) is 19.8 Å². The van der Waals surface area contributed by atoms with E-state index in [9.17, 15) is 4.79 Å². The maximum absolute atomic E-state index is 11.4. The minimum Gasteiger partial charge on any atom is -0.299 e. The van der Waals surface area contributed by atoms with Crippen LogP contribution in [0.3, 0.4) is 0 Å². The van der Waals surface area contributed by atoms with E-state index >= 15 is 0 Å². The second kappa shape index (κ2) is 5.86. The number of rotatable bonds is 5. The van der Waals surface area contributed by atoms with Gasteiger partial charge in [-0.3, -0.25) is 9.36 Å². The molecule has 0 aliphatic carbocycles. The molecule has 1 unspecified atom stereocenters. The van der Waals surface area contributed by atoms with Crippen molar-refractivity contribution in [2.75, 3.05) is 5.75 Å². The number of thiol groups is 1. The molecule has 0 spiro atoms.